The first-order chi connectivity index (χ1) is 28.1. The summed E-state index contributed by atoms with van der Waals surface area (Å²) < 4.78 is 64.8. The molecule has 2 atom stereocenters. The molecule has 6 heterocycles. The number of halogens is 3. The molecule has 4 aromatic rings. The average molecular weight is 1220 g/mol. The molecule has 23 heteroatoms. The fourth-order valence-electron chi connectivity index (χ4n) is 6.82. The Balaban J connectivity index is 0.000000272. The molecule has 0 aliphatic carbocycles. The molecule has 2 aromatic carbocycles. The van der Waals surface area contributed by atoms with E-state index in [-0.39, 0.29) is 96.6 Å². The van der Waals surface area contributed by atoms with Gasteiger partial charge < -0.3 is 43.7 Å². The van der Waals surface area contributed by atoms with E-state index in [4.69, 9.17) is 20.3 Å². The summed E-state index contributed by atoms with van der Waals surface area (Å²) in [5.41, 5.74) is 5.50. The van der Waals surface area contributed by atoms with Crippen molar-refractivity contribution in [1.82, 2.24) is 13.3 Å². The third kappa shape index (κ3) is 12.2. The smallest absolute Gasteiger partial charge is 0.335 e. The second-order valence-electron chi connectivity index (χ2n) is 13.9. The van der Waals surface area contributed by atoms with Crippen LogP contribution in [0.25, 0.3) is 0 Å². The number of amides is 3. The maximum absolute atomic E-state index is 12.9. The van der Waals surface area contributed by atoms with Crippen LogP contribution in [0.5, 0.6) is 0 Å². The number of aromatic carboxylic acids is 1. The number of carbonyl (C=O) groups is 4. The van der Waals surface area contributed by atoms with Gasteiger partial charge >= 0.3 is 5.97 Å². The summed E-state index contributed by atoms with van der Waals surface area (Å²) in [6.45, 7) is 2.94. The summed E-state index contributed by atoms with van der Waals surface area (Å²) in [5, 5.41) is 16.8. The summed E-state index contributed by atoms with van der Waals surface area (Å²) in [6, 6.07) is 10.4. The molecule has 2 fully saturated rings. The third-order valence-electron chi connectivity index (χ3n) is 9.80. The molecule has 0 bridgehead atoms. The van der Waals surface area contributed by atoms with E-state index >= 15 is 0 Å². The Bertz CT molecular complexity index is 2490. The number of nitrogens with zero attached hydrogens (tertiary/aromatic N) is 2. The van der Waals surface area contributed by atoms with E-state index in [1.165, 1.54) is 68.1 Å². The Morgan fingerprint density at radius 3 is 1.65 bits per heavy atom. The second-order valence-corrected chi connectivity index (χ2v) is 19.3. The number of carboxylic acids is 1. The number of carboxylic acid groups (broad SMARTS) is 1. The van der Waals surface area contributed by atoms with Gasteiger partial charge in [-0.05, 0) is 138 Å². The zero-order valence-electron chi connectivity index (χ0n) is 33.3. The van der Waals surface area contributed by atoms with Crippen molar-refractivity contribution >= 4 is 99.4 Å². The van der Waals surface area contributed by atoms with Crippen LogP contribution < -0.4 is 21.7 Å². The van der Waals surface area contributed by atoms with Gasteiger partial charge in [0.25, 0.3) is 37.8 Å². The van der Waals surface area contributed by atoms with Crippen molar-refractivity contribution in [2.45, 2.75) is 73.4 Å². The zero-order chi connectivity index (χ0) is 42.5. The van der Waals surface area contributed by atoms with E-state index < -0.39 is 37.8 Å². The van der Waals surface area contributed by atoms with E-state index in [9.17, 15) is 36.0 Å². The Labute approximate surface area is 397 Å². The molecular formula is C39H46Br2ClN6O11S2W-. The molecule has 2 aromatic heterocycles. The third-order valence-corrected chi connectivity index (χ3v) is 14.1. The second kappa shape index (κ2) is 23.0. The molecule has 338 valence electrons. The number of benzene rings is 2. The minimum absolute atomic E-state index is 0. The summed E-state index contributed by atoms with van der Waals surface area (Å²) in [7, 11) is -7.95. The van der Waals surface area contributed by atoms with Crippen LogP contribution in [-0.4, -0.2) is 92.1 Å². The quantitative estimate of drug-likeness (QED) is 0.129. The molecule has 6 N–H and O–H groups in total. The number of nitrogens with one attached hydrogen (secondary N) is 3. The zero-order valence-corrected chi connectivity index (χ0v) is 41.9. The number of hydrogen-bond acceptors (Lipinski definition) is 11. The minimum Gasteiger partial charge on any atom is -0.478 e. The first-order valence-corrected chi connectivity index (χ1v) is 23.2. The monoisotopic (exact) mass is 1220 g/mol. The first-order valence-electron chi connectivity index (χ1n) is 18.7. The van der Waals surface area contributed by atoms with Gasteiger partial charge in [-0.15, -0.1) is 12.4 Å². The maximum Gasteiger partial charge on any atom is 0.335 e. The van der Waals surface area contributed by atoms with Gasteiger partial charge in [-0.3, -0.25) is 14.4 Å². The van der Waals surface area contributed by atoms with E-state index in [1.54, 1.807) is 0 Å². The minimum atomic E-state index is -3.98. The Kier molecular flexibility index (Phi) is 19.6. The molecule has 8 rings (SSSR count). The number of rotatable bonds is 7. The number of ether oxygens (including phenoxy) is 2. The number of aromatic nitrogens is 2. The van der Waals surface area contributed by atoms with Crippen LogP contribution in [0.15, 0.2) is 79.7 Å². The topological polar surface area (TPSA) is 247 Å². The van der Waals surface area contributed by atoms with Crippen molar-refractivity contribution in [3.8, 4) is 0 Å². The van der Waals surface area contributed by atoms with Crippen LogP contribution in [0, 0.1) is 7.43 Å². The number of hydrogen-bond donors (Lipinski definition) is 5. The van der Waals surface area contributed by atoms with Gasteiger partial charge in [0.15, 0.2) is 0 Å². The first kappa shape index (κ1) is 52.9. The molecule has 0 spiro atoms. The number of nitrogens with two attached hydrogens (primary N) is 1. The predicted octanol–water partition coefficient (Wildman–Crippen LogP) is 6.27. The van der Waals surface area contributed by atoms with E-state index in [0.29, 0.717) is 21.6 Å². The van der Waals surface area contributed by atoms with E-state index in [0.717, 1.165) is 71.9 Å². The molecule has 62 heavy (non-hydrogen) atoms. The fourth-order valence-corrected chi connectivity index (χ4v) is 10.9. The van der Waals surface area contributed by atoms with Crippen molar-refractivity contribution in [3.63, 3.8) is 0 Å². The van der Waals surface area contributed by atoms with Gasteiger partial charge in [-0.2, -0.15) is 0 Å². The van der Waals surface area contributed by atoms with Crippen LogP contribution in [0.2, 0.25) is 0 Å². The molecular weight excluding hydrogens is 1170 g/mol. The molecule has 17 nitrogen and oxygen atoms in total. The fraction of sp³-hybridized carbons (Fsp3) is 0.359. The molecule has 0 saturated carbocycles. The van der Waals surface area contributed by atoms with Gasteiger partial charge in [0, 0.05) is 67.7 Å². The molecule has 4 aliphatic rings. The van der Waals surface area contributed by atoms with Crippen molar-refractivity contribution in [2.75, 3.05) is 36.9 Å². The largest absolute Gasteiger partial charge is 0.478 e. The van der Waals surface area contributed by atoms with Crippen molar-refractivity contribution < 1.29 is 71.7 Å². The van der Waals surface area contributed by atoms with Crippen LogP contribution in [0.4, 0.5) is 11.4 Å². The standard InChI is InChI=1S/C19H20BrN3O5S.C12H7BrN2O5S.C7H15NO.CH3.ClH.W/c20-13-10-16-19(25)22-15-9-12(4-5-17(15)29(26,27)23(16)11-13)18(24)21-7-6-14-3-1-2-8-28-14;13-7-4-9-11(16)14-8-3-6(12(17)18)1-2-10(8)21(19,20)15(9)5-7;8-5-4-7-3-1-2-6-9-7;;;/h4-5,9-11,14H,1-3,6-8H2,(H,21,24)(H,22,25);1-5H,(H,14,16)(H,17,18);7H,1-6,8H2;1H3;1H;/q;;;-1;;. The van der Waals surface area contributed by atoms with Crippen LogP contribution in [0.3, 0.4) is 0 Å². The Morgan fingerprint density at radius 1 is 0.758 bits per heavy atom. The molecule has 2 saturated heterocycles. The number of anilines is 2. The maximum atomic E-state index is 12.9. The van der Waals surface area contributed by atoms with E-state index in [2.05, 4.69) is 47.8 Å². The van der Waals surface area contributed by atoms with Gasteiger partial charge in [0.1, 0.15) is 21.2 Å². The number of fused-ring (bicyclic) bond motifs is 4. The van der Waals surface area contributed by atoms with Crippen molar-refractivity contribution in [3.05, 3.63) is 99.8 Å². The van der Waals surface area contributed by atoms with E-state index in [1.807, 2.05) is 0 Å². The normalized spacial score (nSPS) is 18.8. The summed E-state index contributed by atoms with van der Waals surface area (Å²) in [5.74, 6) is -2.74. The summed E-state index contributed by atoms with van der Waals surface area (Å²) in [4.78, 5) is 47.8. The van der Waals surface area contributed by atoms with Gasteiger partial charge in [-0.1, -0.05) is 0 Å². The summed E-state index contributed by atoms with van der Waals surface area (Å²) >= 11 is 6.32. The Morgan fingerprint density at radius 2 is 1.21 bits per heavy atom. The summed E-state index contributed by atoms with van der Waals surface area (Å²) in [6.07, 6.45) is 12.0. The predicted molar refractivity (Wildman–Crippen MR) is 237 cm³/mol. The Hall–Kier alpha value is -3.40. The molecule has 3 amide bonds. The van der Waals surface area contributed by atoms with Crippen LogP contribution >= 0.6 is 44.3 Å². The molecule has 4 aliphatic heterocycles. The SMILES string of the molecule is Cl.NCCC1CCCCO1.O=C(NCCC1CCCCO1)c1ccc2c(c1)NC(=O)c1cc(Br)cn1S2(=O)=O.O=C(O)c1ccc2c(c1)NC(=O)c1cc(Br)cn1S2(=O)=O.[CH3-].[W]. The van der Waals surface area contributed by atoms with Crippen LogP contribution in [0.1, 0.15) is 93.1 Å². The van der Waals surface area contributed by atoms with Crippen LogP contribution in [-0.2, 0) is 50.6 Å². The molecule has 2 unspecified atom stereocenters. The number of carbonyl (C=O) groups excluding carboxylic acids is 3. The molecule has 0 radical (unpaired) electrons. The van der Waals surface area contributed by atoms with Gasteiger partial charge in [0.05, 0.1) is 29.1 Å². The van der Waals surface area contributed by atoms with Crippen molar-refractivity contribution in [1.29, 1.82) is 0 Å². The van der Waals surface area contributed by atoms with Crippen molar-refractivity contribution in [2.24, 2.45) is 5.73 Å². The van der Waals surface area contributed by atoms with Gasteiger partial charge in [0.2, 0.25) is 0 Å². The average Bonchev–Trinajstić information content (AvgIpc) is 3.79. The van der Waals surface area contributed by atoms with Gasteiger partial charge in [-0.25, -0.2) is 29.6 Å².